The van der Waals surface area contributed by atoms with Crippen LogP contribution in [-0.4, -0.2) is 41.5 Å². The number of halogens is 2. The summed E-state index contributed by atoms with van der Waals surface area (Å²) in [5.41, 5.74) is -0.334. The van der Waals surface area contributed by atoms with Crippen molar-refractivity contribution >= 4 is 44.9 Å². The van der Waals surface area contributed by atoms with Crippen LogP contribution in [-0.2, 0) is 10.4 Å². The molecule has 1 N–H and O–H groups in total. The molecule has 2 aliphatic rings. The fraction of sp³-hybridized carbons (Fsp3) is 0.364. The highest BCUT2D eigenvalue weighted by Crippen LogP contribution is 2.44. The van der Waals surface area contributed by atoms with Gasteiger partial charge in [-0.25, -0.2) is 0 Å². The van der Waals surface area contributed by atoms with E-state index in [9.17, 15) is 14.7 Å². The largest absolute Gasteiger partial charge is 0.375 e. The van der Waals surface area contributed by atoms with Gasteiger partial charge in [0.1, 0.15) is 0 Å². The van der Waals surface area contributed by atoms with E-state index in [1.165, 1.54) is 6.42 Å². The van der Waals surface area contributed by atoms with Crippen LogP contribution in [0.15, 0.2) is 46.9 Å². The van der Waals surface area contributed by atoms with E-state index < -0.39 is 11.5 Å². The molecule has 0 spiro atoms. The van der Waals surface area contributed by atoms with E-state index in [-0.39, 0.29) is 12.2 Å². The zero-order valence-corrected chi connectivity index (χ0v) is 18.2. The molecule has 1 fully saturated rings. The Morgan fingerprint density at radius 2 is 1.79 bits per heavy atom. The number of hydrogen-bond acceptors (Lipinski definition) is 4. The zero-order chi connectivity index (χ0) is 20.6. The van der Waals surface area contributed by atoms with Crippen molar-refractivity contribution in [1.82, 2.24) is 4.90 Å². The number of hydrogen-bond donors (Lipinski definition) is 1. The number of carbonyl (C=O) groups is 2. The summed E-state index contributed by atoms with van der Waals surface area (Å²) in [6, 6.07) is 11.9. The standard InChI is InChI=1S/C22H22BrClN2O3/c23-16-6-9-19-18(12-16)22(29,13-20(27)15-4-7-17(24)8-5-15)21(28)26(19)14-25-10-2-1-3-11-25/h4-9,12,29H,1-3,10-11,13-14H2/t22-/m1/s1. The van der Waals surface area contributed by atoms with Gasteiger partial charge in [0.25, 0.3) is 5.91 Å². The summed E-state index contributed by atoms with van der Waals surface area (Å²) >= 11 is 9.33. The number of carbonyl (C=O) groups excluding carboxylic acids is 2. The van der Waals surface area contributed by atoms with Crippen molar-refractivity contribution in [3.8, 4) is 0 Å². The smallest absolute Gasteiger partial charge is 0.265 e. The molecule has 2 heterocycles. The van der Waals surface area contributed by atoms with Gasteiger partial charge >= 0.3 is 0 Å². The molecule has 0 aliphatic carbocycles. The Hall–Kier alpha value is -1.73. The van der Waals surface area contributed by atoms with Crippen LogP contribution in [0.5, 0.6) is 0 Å². The van der Waals surface area contributed by atoms with Gasteiger partial charge in [-0.2, -0.15) is 0 Å². The minimum Gasteiger partial charge on any atom is -0.375 e. The molecule has 1 amide bonds. The van der Waals surface area contributed by atoms with Crippen molar-refractivity contribution in [2.75, 3.05) is 24.7 Å². The summed E-state index contributed by atoms with van der Waals surface area (Å²) in [4.78, 5) is 30.0. The summed E-state index contributed by atoms with van der Waals surface area (Å²) < 4.78 is 0.751. The third kappa shape index (κ3) is 3.99. The molecular formula is C22H22BrClN2O3. The Labute approximate surface area is 183 Å². The maximum atomic E-state index is 13.4. The molecule has 2 aliphatic heterocycles. The highest BCUT2D eigenvalue weighted by Gasteiger charge is 2.51. The van der Waals surface area contributed by atoms with Crippen LogP contribution < -0.4 is 4.90 Å². The van der Waals surface area contributed by atoms with Crippen molar-refractivity contribution in [2.24, 2.45) is 0 Å². The fourth-order valence-electron chi connectivity index (χ4n) is 4.11. The summed E-state index contributed by atoms with van der Waals surface area (Å²) in [7, 11) is 0. The lowest BCUT2D eigenvalue weighted by atomic mass is 9.88. The first-order valence-corrected chi connectivity index (χ1v) is 10.9. The number of fused-ring (bicyclic) bond motifs is 1. The second kappa shape index (κ2) is 8.19. The molecule has 0 saturated carbocycles. The molecule has 29 heavy (non-hydrogen) atoms. The summed E-state index contributed by atoms with van der Waals surface area (Å²) in [6.45, 7) is 2.28. The van der Waals surface area contributed by atoms with Gasteiger partial charge in [-0.15, -0.1) is 0 Å². The second-order valence-electron chi connectivity index (χ2n) is 7.68. The number of piperidine rings is 1. The van der Waals surface area contributed by atoms with Crippen molar-refractivity contribution in [2.45, 2.75) is 31.3 Å². The van der Waals surface area contributed by atoms with Gasteiger partial charge in [-0.3, -0.25) is 19.4 Å². The Morgan fingerprint density at radius 1 is 1.10 bits per heavy atom. The molecule has 0 aromatic heterocycles. The average molecular weight is 478 g/mol. The maximum absolute atomic E-state index is 13.4. The molecule has 5 nitrogen and oxygen atoms in total. The molecule has 7 heteroatoms. The van der Waals surface area contributed by atoms with Crippen LogP contribution >= 0.6 is 27.5 Å². The van der Waals surface area contributed by atoms with E-state index in [2.05, 4.69) is 20.8 Å². The Bertz CT molecular complexity index is 944. The number of anilines is 1. The highest BCUT2D eigenvalue weighted by molar-refractivity contribution is 9.10. The fourth-order valence-corrected chi connectivity index (χ4v) is 4.59. The van der Waals surface area contributed by atoms with Gasteiger partial charge in [0.2, 0.25) is 0 Å². The quantitative estimate of drug-likeness (QED) is 0.650. The van der Waals surface area contributed by atoms with Gasteiger partial charge in [0.15, 0.2) is 11.4 Å². The molecule has 0 unspecified atom stereocenters. The zero-order valence-electron chi connectivity index (χ0n) is 15.9. The third-order valence-corrected chi connectivity index (χ3v) is 6.41. The summed E-state index contributed by atoms with van der Waals surface area (Å²) in [5.74, 6) is -0.748. The van der Waals surface area contributed by atoms with Gasteiger partial charge in [-0.05, 0) is 68.4 Å². The van der Waals surface area contributed by atoms with Crippen molar-refractivity contribution in [3.05, 3.63) is 63.1 Å². The SMILES string of the molecule is O=C(C[C@]1(O)C(=O)N(CN2CCCCC2)c2ccc(Br)cc21)c1ccc(Cl)cc1. The maximum Gasteiger partial charge on any atom is 0.265 e. The number of aliphatic hydroxyl groups is 1. The van der Waals surface area contributed by atoms with E-state index in [4.69, 9.17) is 11.6 Å². The van der Waals surface area contributed by atoms with E-state index >= 15 is 0 Å². The number of nitrogens with zero attached hydrogens (tertiary/aromatic N) is 2. The topological polar surface area (TPSA) is 60.9 Å². The molecular weight excluding hydrogens is 456 g/mol. The molecule has 0 radical (unpaired) electrons. The van der Waals surface area contributed by atoms with Crippen molar-refractivity contribution in [3.63, 3.8) is 0 Å². The number of amides is 1. The Balaban J connectivity index is 1.65. The minimum atomic E-state index is -1.88. The van der Waals surface area contributed by atoms with Crippen LogP contribution in [0.2, 0.25) is 5.02 Å². The van der Waals surface area contributed by atoms with Crippen LogP contribution in [0.3, 0.4) is 0 Å². The van der Waals surface area contributed by atoms with E-state index in [1.54, 1.807) is 35.2 Å². The van der Waals surface area contributed by atoms with E-state index in [0.717, 1.165) is 30.4 Å². The lowest BCUT2D eigenvalue weighted by Gasteiger charge is -2.31. The monoisotopic (exact) mass is 476 g/mol. The number of rotatable bonds is 5. The number of benzene rings is 2. The Kier molecular flexibility index (Phi) is 5.80. The first kappa shape index (κ1) is 20.5. The first-order valence-electron chi connectivity index (χ1n) is 9.74. The van der Waals surface area contributed by atoms with Crippen LogP contribution in [0.25, 0.3) is 0 Å². The first-order chi connectivity index (χ1) is 13.9. The van der Waals surface area contributed by atoms with E-state index in [1.807, 2.05) is 12.1 Å². The molecule has 4 rings (SSSR count). The summed E-state index contributed by atoms with van der Waals surface area (Å²) in [5, 5.41) is 12.0. The predicted molar refractivity (Wildman–Crippen MR) is 116 cm³/mol. The number of likely N-dealkylation sites (tertiary alicyclic amines) is 1. The molecule has 1 saturated heterocycles. The number of ketones is 1. The van der Waals surface area contributed by atoms with Crippen LogP contribution in [0.4, 0.5) is 5.69 Å². The van der Waals surface area contributed by atoms with Gasteiger partial charge in [0, 0.05) is 20.6 Å². The van der Waals surface area contributed by atoms with Crippen LogP contribution in [0.1, 0.15) is 41.6 Å². The van der Waals surface area contributed by atoms with Gasteiger partial charge in [0.05, 0.1) is 18.8 Å². The molecule has 152 valence electrons. The second-order valence-corrected chi connectivity index (χ2v) is 9.03. The van der Waals surface area contributed by atoms with Crippen molar-refractivity contribution < 1.29 is 14.7 Å². The minimum absolute atomic E-state index is 0.303. The molecule has 2 aromatic carbocycles. The number of Topliss-reactive ketones (excluding diaryl/α,β-unsaturated/α-hetero) is 1. The molecule has 1 atom stereocenters. The van der Waals surface area contributed by atoms with Crippen LogP contribution in [0, 0.1) is 0 Å². The van der Waals surface area contributed by atoms with Gasteiger partial charge in [-0.1, -0.05) is 34.0 Å². The lowest BCUT2D eigenvalue weighted by molar-refractivity contribution is -0.136. The lowest BCUT2D eigenvalue weighted by Crippen LogP contribution is -2.47. The average Bonchev–Trinajstić information content (AvgIpc) is 2.91. The Morgan fingerprint density at radius 3 is 2.48 bits per heavy atom. The van der Waals surface area contributed by atoms with Gasteiger partial charge < -0.3 is 5.11 Å². The third-order valence-electron chi connectivity index (χ3n) is 5.67. The van der Waals surface area contributed by atoms with E-state index in [0.29, 0.717) is 28.5 Å². The molecule has 0 bridgehead atoms. The van der Waals surface area contributed by atoms with Crippen molar-refractivity contribution in [1.29, 1.82) is 0 Å². The normalized spacial score (nSPS) is 22.0. The molecule has 2 aromatic rings. The predicted octanol–water partition coefficient (Wildman–Crippen LogP) is 4.35. The summed E-state index contributed by atoms with van der Waals surface area (Å²) in [6.07, 6.45) is 3.10. The highest BCUT2D eigenvalue weighted by atomic mass is 79.9.